The topological polar surface area (TPSA) is 46.5 Å². The highest BCUT2D eigenvalue weighted by atomic mass is 32.1. The number of thiazole rings is 1. The number of ether oxygens (including phenoxy) is 1. The standard InChI is InChI=1S/C16H21N3OS/c1-5-6-20-15-11(2)7-14(8-12(15)3)9-17-19-16-18-13(4)10-21-16/h7-10H,5-6H2,1-4H3,(H,18,19). The smallest absolute Gasteiger partial charge is 0.203 e. The molecule has 0 fully saturated rings. The number of aromatic nitrogens is 1. The highest BCUT2D eigenvalue weighted by Crippen LogP contribution is 2.24. The van der Waals surface area contributed by atoms with Crippen molar-refractivity contribution in [2.75, 3.05) is 12.0 Å². The van der Waals surface area contributed by atoms with E-state index in [9.17, 15) is 0 Å². The Bertz CT molecular complexity index is 611. The van der Waals surface area contributed by atoms with Gasteiger partial charge in [-0.2, -0.15) is 5.10 Å². The Morgan fingerprint density at radius 2 is 2.00 bits per heavy atom. The van der Waals surface area contributed by atoms with Gasteiger partial charge in [0.2, 0.25) is 5.13 Å². The van der Waals surface area contributed by atoms with Crippen LogP contribution < -0.4 is 10.2 Å². The zero-order chi connectivity index (χ0) is 15.2. The van der Waals surface area contributed by atoms with E-state index in [1.165, 1.54) is 0 Å². The third-order valence-corrected chi connectivity index (χ3v) is 3.79. The number of nitrogens with one attached hydrogen (secondary N) is 1. The van der Waals surface area contributed by atoms with Gasteiger partial charge in [0.05, 0.1) is 18.5 Å². The van der Waals surface area contributed by atoms with Gasteiger partial charge in [-0.15, -0.1) is 11.3 Å². The first kappa shape index (κ1) is 15.5. The van der Waals surface area contributed by atoms with Crippen LogP contribution in [0.25, 0.3) is 0 Å². The number of anilines is 1. The normalized spacial score (nSPS) is 11.0. The van der Waals surface area contributed by atoms with Crippen molar-refractivity contribution in [2.45, 2.75) is 34.1 Å². The van der Waals surface area contributed by atoms with Gasteiger partial charge in [-0.1, -0.05) is 6.92 Å². The number of hydrazone groups is 1. The molecule has 5 heteroatoms. The van der Waals surface area contributed by atoms with Crippen LogP contribution in [0.1, 0.15) is 35.7 Å². The van der Waals surface area contributed by atoms with Gasteiger partial charge in [0.1, 0.15) is 5.75 Å². The molecule has 2 aromatic rings. The molecule has 0 unspecified atom stereocenters. The lowest BCUT2D eigenvalue weighted by atomic mass is 10.1. The molecular formula is C16H21N3OS. The predicted molar refractivity (Wildman–Crippen MR) is 89.8 cm³/mol. The summed E-state index contributed by atoms with van der Waals surface area (Å²) in [6.45, 7) is 8.95. The first-order valence-corrected chi connectivity index (χ1v) is 7.93. The molecule has 0 amide bonds. The first-order valence-electron chi connectivity index (χ1n) is 7.05. The number of rotatable bonds is 6. The lowest BCUT2D eigenvalue weighted by Gasteiger charge is -2.12. The Morgan fingerprint density at radius 1 is 1.29 bits per heavy atom. The van der Waals surface area contributed by atoms with Gasteiger partial charge in [-0.25, -0.2) is 4.98 Å². The Kier molecular flexibility index (Phi) is 5.33. The van der Waals surface area contributed by atoms with Crippen LogP contribution in [-0.2, 0) is 0 Å². The summed E-state index contributed by atoms with van der Waals surface area (Å²) in [5, 5.41) is 7.03. The van der Waals surface area contributed by atoms with Crippen LogP contribution in [0.4, 0.5) is 5.13 Å². The molecular weight excluding hydrogens is 282 g/mol. The van der Waals surface area contributed by atoms with E-state index in [4.69, 9.17) is 4.74 Å². The maximum atomic E-state index is 5.78. The second-order valence-corrected chi connectivity index (χ2v) is 5.85. The van der Waals surface area contributed by atoms with Crippen molar-refractivity contribution in [3.8, 4) is 5.75 Å². The maximum absolute atomic E-state index is 5.78. The van der Waals surface area contributed by atoms with Crippen molar-refractivity contribution in [2.24, 2.45) is 5.10 Å². The van der Waals surface area contributed by atoms with Gasteiger partial charge >= 0.3 is 0 Å². The van der Waals surface area contributed by atoms with E-state index in [2.05, 4.69) is 48.4 Å². The fourth-order valence-corrected chi connectivity index (χ4v) is 2.69. The minimum absolute atomic E-state index is 0.750. The van der Waals surface area contributed by atoms with Crippen LogP contribution in [0.2, 0.25) is 0 Å². The van der Waals surface area contributed by atoms with Gasteiger partial charge in [-0.05, 0) is 56.0 Å². The average molecular weight is 303 g/mol. The van der Waals surface area contributed by atoms with Crippen molar-refractivity contribution in [1.29, 1.82) is 0 Å². The third-order valence-electron chi connectivity index (χ3n) is 2.93. The van der Waals surface area contributed by atoms with E-state index in [-0.39, 0.29) is 0 Å². The lowest BCUT2D eigenvalue weighted by molar-refractivity contribution is 0.313. The molecule has 2 rings (SSSR count). The summed E-state index contributed by atoms with van der Waals surface area (Å²) in [7, 11) is 0. The van der Waals surface area contributed by atoms with Crippen LogP contribution in [0.15, 0.2) is 22.6 Å². The first-order chi connectivity index (χ1) is 10.1. The molecule has 0 aliphatic rings. The molecule has 0 radical (unpaired) electrons. The van der Waals surface area contributed by atoms with Gasteiger partial charge < -0.3 is 4.74 Å². The van der Waals surface area contributed by atoms with Gasteiger partial charge in [0, 0.05) is 5.38 Å². The second-order valence-electron chi connectivity index (χ2n) is 5.00. The summed E-state index contributed by atoms with van der Waals surface area (Å²) in [6.07, 6.45) is 2.82. The second kappa shape index (κ2) is 7.22. The van der Waals surface area contributed by atoms with Gasteiger partial charge in [0.15, 0.2) is 0 Å². The molecule has 0 bridgehead atoms. The van der Waals surface area contributed by atoms with Crippen LogP contribution >= 0.6 is 11.3 Å². The molecule has 0 aliphatic heterocycles. The molecule has 1 aromatic heterocycles. The Hall–Kier alpha value is -1.88. The number of nitrogens with zero attached hydrogens (tertiary/aromatic N) is 2. The van der Waals surface area contributed by atoms with E-state index >= 15 is 0 Å². The van der Waals surface area contributed by atoms with E-state index < -0.39 is 0 Å². The monoisotopic (exact) mass is 303 g/mol. The van der Waals surface area contributed by atoms with Gasteiger partial charge in [-0.3, -0.25) is 5.43 Å². The maximum Gasteiger partial charge on any atom is 0.203 e. The zero-order valence-corrected chi connectivity index (χ0v) is 13.8. The number of hydrogen-bond acceptors (Lipinski definition) is 5. The summed E-state index contributed by atoms with van der Waals surface area (Å²) in [4.78, 5) is 4.30. The van der Waals surface area contributed by atoms with E-state index in [1.54, 1.807) is 17.6 Å². The molecule has 0 saturated carbocycles. The fraction of sp³-hybridized carbons (Fsp3) is 0.375. The quantitative estimate of drug-likeness (QED) is 0.639. The average Bonchev–Trinajstić information content (AvgIpc) is 2.84. The van der Waals surface area contributed by atoms with Crippen LogP contribution in [0.3, 0.4) is 0 Å². The molecule has 1 N–H and O–H groups in total. The van der Waals surface area contributed by atoms with E-state index in [0.717, 1.165) is 46.3 Å². The van der Waals surface area contributed by atoms with Crippen molar-refractivity contribution in [3.05, 3.63) is 39.9 Å². The van der Waals surface area contributed by atoms with E-state index in [1.807, 2.05) is 12.3 Å². The minimum Gasteiger partial charge on any atom is -0.493 e. The summed E-state index contributed by atoms with van der Waals surface area (Å²) >= 11 is 1.55. The molecule has 21 heavy (non-hydrogen) atoms. The molecule has 0 aliphatic carbocycles. The van der Waals surface area contributed by atoms with Crippen molar-refractivity contribution >= 4 is 22.7 Å². The SMILES string of the molecule is CCCOc1c(C)cc(C=NNc2nc(C)cs2)cc1C. The van der Waals surface area contributed by atoms with Crippen LogP contribution in [-0.4, -0.2) is 17.8 Å². The summed E-state index contributed by atoms with van der Waals surface area (Å²) in [6, 6.07) is 4.16. The Morgan fingerprint density at radius 3 is 2.57 bits per heavy atom. The Labute approximate surface area is 129 Å². The molecule has 0 spiro atoms. The highest BCUT2D eigenvalue weighted by Gasteiger charge is 2.05. The number of benzene rings is 1. The molecule has 0 atom stereocenters. The van der Waals surface area contributed by atoms with Crippen molar-refractivity contribution in [3.63, 3.8) is 0 Å². The summed E-state index contributed by atoms with van der Waals surface area (Å²) in [5.74, 6) is 0.984. The summed E-state index contributed by atoms with van der Waals surface area (Å²) < 4.78 is 5.78. The van der Waals surface area contributed by atoms with Gasteiger partial charge in [0.25, 0.3) is 0 Å². The molecule has 1 heterocycles. The molecule has 0 saturated heterocycles. The zero-order valence-electron chi connectivity index (χ0n) is 12.9. The highest BCUT2D eigenvalue weighted by molar-refractivity contribution is 7.13. The van der Waals surface area contributed by atoms with Crippen molar-refractivity contribution < 1.29 is 4.74 Å². The van der Waals surface area contributed by atoms with Crippen LogP contribution in [0, 0.1) is 20.8 Å². The van der Waals surface area contributed by atoms with Crippen molar-refractivity contribution in [1.82, 2.24) is 4.98 Å². The molecule has 4 nitrogen and oxygen atoms in total. The lowest BCUT2D eigenvalue weighted by Crippen LogP contribution is -2.00. The Balaban J connectivity index is 2.06. The largest absolute Gasteiger partial charge is 0.493 e. The molecule has 1 aromatic carbocycles. The molecule has 112 valence electrons. The number of aryl methyl sites for hydroxylation is 3. The fourth-order valence-electron chi connectivity index (χ4n) is 2.06. The van der Waals surface area contributed by atoms with Crippen LogP contribution in [0.5, 0.6) is 5.75 Å². The predicted octanol–water partition coefficient (Wildman–Crippen LogP) is 4.30. The number of hydrogen-bond donors (Lipinski definition) is 1. The minimum atomic E-state index is 0.750. The third kappa shape index (κ3) is 4.29. The van der Waals surface area contributed by atoms with E-state index in [0.29, 0.717) is 0 Å². The summed E-state index contributed by atoms with van der Waals surface area (Å²) in [5.41, 5.74) is 7.27.